The zero-order chi connectivity index (χ0) is 16.9. The van der Waals surface area contributed by atoms with Gasteiger partial charge in [0.25, 0.3) is 0 Å². The van der Waals surface area contributed by atoms with Gasteiger partial charge in [0.05, 0.1) is 23.8 Å². The smallest absolute Gasteiger partial charge is 0.237 e. The molecule has 0 spiro atoms. The van der Waals surface area contributed by atoms with Crippen molar-refractivity contribution in [1.29, 1.82) is 10.5 Å². The lowest BCUT2D eigenvalue weighted by atomic mass is 10.2. The van der Waals surface area contributed by atoms with Crippen LogP contribution in [0.2, 0.25) is 0 Å². The Morgan fingerprint density at radius 3 is 2.79 bits per heavy atom. The van der Waals surface area contributed by atoms with E-state index in [1.54, 1.807) is 25.3 Å². The Kier molecular flexibility index (Phi) is 4.09. The minimum absolute atomic E-state index is 0.239. The lowest BCUT2D eigenvalue weighted by Gasteiger charge is -2.01. The molecule has 3 rings (SSSR count). The second-order valence-corrected chi connectivity index (χ2v) is 4.85. The van der Waals surface area contributed by atoms with Gasteiger partial charge < -0.3 is 9.72 Å². The third kappa shape index (κ3) is 3.01. The van der Waals surface area contributed by atoms with Gasteiger partial charge in [-0.25, -0.2) is 4.98 Å². The zero-order valence-electron chi connectivity index (χ0n) is 12.7. The van der Waals surface area contributed by atoms with E-state index in [0.717, 1.165) is 28.2 Å². The maximum atomic E-state index is 8.68. The summed E-state index contributed by atoms with van der Waals surface area (Å²) in [5.74, 6) is 1.48. The molecule has 0 aliphatic heterocycles. The largest absolute Gasteiger partial charge is 0.497 e. The number of imidazole rings is 1. The summed E-state index contributed by atoms with van der Waals surface area (Å²) in [6.45, 7) is 0. The van der Waals surface area contributed by atoms with Crippen LogP contribution in [-0.4, -0.2) is 22.8 Å². The standard InChI is InChI=1S/C17H12N6O/c1-24-14-4-2-3-11(7-14)17-20-15-6-5-12(8-16(15)21-17)22-23-13(9-18)10-19/h2-8,22H,1H3,(H,20,21). The third-order valence-corrected chi connectivity index (χ3v) is 3.33. The van der Waals surface area contributed by atoms with Crippen molar-refractivity contribution in [2.75, 3.05) is 12.5 Å². The summed E-state index contributed by atoms with van der Waals surface area (Å²) < 4.78 is 5.23. The first kappa shape index (κ1) is 15.1. The summed E-state index contributed by atoms with van der Waals surface area (Å²) in [5, 5.41) is 21.1. The van der Waals surface area contributed by atoms with Crippen LogP contribution in [0, 0.1) is 22.7 Å². The van der Waals surface area contributed by atoms with E-state index < -0.39 is 0 Å². The lowest BCUT2D eigenvalue weighted by molar-refractivity contribution is 0.415. The number of hydrogen-bond acceptors (Lipinski definition) is 6. The fourth-order valence-electron chi connectivity index (χ4n) is 2.18. The van der Waals surface area contributed by atoms with Crippen molar-refractivity contribution in [2.45, 2.75) is 0 Å². The van der Waals surface area contributed by atoms with E-state index in [1.165, 1.54) is 0 Å². The average Bonchev–Trinajstić information content (AvgIpc) is 3.06. The van der Waals surface area contributed by atoms with Gasteiger partial charge in [0.15, 0.2) is 0 Å². The number of hydrazone groups is 1. The van der Waals surface area contributed by atoms with Crippen molar-refractivity contribution in [3.63, 3.8) is 0 Å². The summed E-state index contributed by atoms with van der Waals surface area (Å²) >= 11 is 0. The zero-order valence-corrected chi connectivity index (χ0v) is 12.7. The summed E-state index contributed by atoms with van der Waals surface area (Å²) in [7, 11) is 1.62. The summed E-state index contributed by atoms with van der Waals surface area (Å²) in [6, 6.07) is 16.4. The molecule has 1 heterocycles. The Morgan fingerprint density at radius 2 is 2.04 bits per heavy atom. The number of nitrogens with one attached hydrogen (secondary N) is 2. The summed E-state index contributed by atoms with van der Waals surface area (Å²) in [5.41, 5.74) is 5.60. The first-order valence-electron chi connectivity index (χ1n) is 7.01. The molecule has 7 heteroatoms. The van der Waals surface area contributed by atoms with Crippen LogP contribution >= 0.6 is 0 Å². The molecule has 0 saturated heterocycles. The van der Waals surface area contributed by atoms with Crippen LogP contribution in [0.5, 0.6) is 5.75 Å². The second-order valence-electron chi connectivity index (χ2n) is 4.85. The Morgan fingerprint density at radius 1 is 1.21 bits per heavy atom. The van der Waals surface area contributed by atoms with E-state index in [4.69, 9.17) is 15.3 Å². The molecule has 2 aromatic carbocycles. The molecule has 0 aliphatic rings. The molecule has 0 amide bonds. The van der Waals surface area contributed by atoms with Crippen LogP contribution in [0.1, 0.15) is 0 Å². The van der Waals surface area contributed by atoms with E-state index in [-0.39, 0.29) is 5.71 Å². The first-order valence-corrected chi connectivity index (χ1v) is 7.01. The highest BCUT2D eigenvalue weighted by atomic mass is 16.5. The molecule has 0 bridgehead atoms. The third-order valence-electron chi connectivity index (χ3n) is 3.33. The minimum atomic E-state index is -0.239. The molecule has 0 atom stereocenters. The van der Waals surface area contributed by atoms with Gasteiger partial charge in [0.1, 0.15) is 23.7 Å². The fourth-order valence-corrected chi connectivity index (χ4v) is 2.18. The highest BCUT2D eigenvalue weighted by Gasteiger charge is 2.07. The quantitative estimate of drug-likeness (QED) is 0.568. The number of methoxy groups -OCH3 is 1. The molecule has 0 fully saturated rings. The number of nitrogens with zero attached hydrogens (tertiary/aromatic N) is 4. The Balaban J connectivity index is 1.93. The molecule has 0 saturated carbocycles. The van der Waals surface area contributed by atoms with Crippen LogP contribution < -0.4 is 10.2 Å². The number of benzene rings is 2. The molecule has 0 radical (unpaired) electrons. The second kappa shape index (κ2) is 6.51. The van der Waals surface area contributed by atoms with Crippen LogP contribution in [0.25, 0.3) is 22.4 Å². The predicted molar refractivity (Wildman–Crippen MR) is 90.4 cm³/mol. The van der Waals surface area contributed by atoms with Crippen LogP contribution in [0.15, 0.2) is 47.6 Å². The molecule has 0 aliphatic carbocycles. The molecule has 24 heavy (non-hydrogen) atoms. The number of anilines is 1. The maximum Gasteiger partial charge on any atom is 0.237 e. The number of H-pyrrole nitrogens is 1. The van der Waals surface area contributed by atoms with Gasteiger partial charge in [-0.2, -0.15) is 15.6 Å². The van der Waals surface area contributed by atoms with Gasteiger partial charge in [-0.3, -0.25) is 5.43 Å². The first-order chi connectivity index (χ1) is 11.7. The van der Waals surface area contributed by atoms with Crippen molar-refractivity contribution in [1.82, 2.24) is 9.97 Å². The highest BCUT2D eigenvalue weighted by Crippen LogP contribution is 2.25. The van der Waals surface area contributed by atoms with Crippen molar-refractivity contribution < 1.29 is 4.74 Å². The van der Waals surface area contributed by atoms with Crippen molar-refractivity contribution in [3.05, 3.63) is 42.5 Å². The Bertz CT molecular complexity index is 990. The SMILES string of the molecule is COc1cccc(-c2nc3ccc(NN=C(C#N)C#N)cc3[nH]2)c1. The molecule has 1 aromatic heterocycles. The topological polar surface area (TPSA) is 110 Å². The number of fused-ring (bicyclic) bond motifs is 1. The van der Waals surface area contributed by atoms with Crippen LogP contribution in [-0.2, 0) is 0 Å². The molecular formula is C17H12N6O. The van der Waals surface area contributed by atoms with Gasteiger partial charge in [-0.15, -0.1) is 0 Å². The molecule has 0 unspecified atom stereocenters. The van der Waals surface area contributed by atoms with Gasteiger partial charge in [-0.05, 0) is 30.3 Å². The minimum Gasteiger partial charge on any atom is -0.497 e. The van der Waals surface area contributed by atoms with E-state index >= 15 is 0 Å². The molecule has 2 N–H and O–H groups in total. The van der Waals surface area contributed by atoms with E-state index in [9.17, 15) is 0 Å². The normalized spacial score (nSPS) is 9.79. The fraction of sp³-hybridized carbons (Fsp3) is 0.0588. The van der Waals surface area contributed by atoms with E-state index in [1.807, 2.05) is 36.4 Å². The van der Waals surface area contributed by atoms with E-state index in [0.29, 0.717) is 5.69 Å². The van der Waals surface area contributed by atoms with Gasteiger partial charge in [0, 0.05) is 5.56 Å². The van der Waals surface area contributed by atoms with Crippen LogP contribution in [0.4, 0.5) is 5.69 Å². The highest BCUT2D eigenvalue weighted by molar-refractivity contribution is 6.10. The summed E-state index contributed by atoms with van der Waals surface area (Å²) in [6.07, 6.45) is 0. The van der Waals surface area contributed by atoms with Gasteiger partial charge in [0.2, 0.25) is 5.71 Å². The Labute approximate surface area is 137 Å². The monoisotopic (exact) mass is 316 g/mol. The van der Waals surface area contributed by atoms with Crippen LogP contribution in [0.3, 0.4) is 0 Å². The average molecular weight is 316 g/mol. The van der Waals surface area contributed by atoms with Gasteiger partial charge >= 0.3 is 0 Å². The number of nitriles is 2. The van der Waals surface area contributed by atoms with E-state index in [2.05, 4.69) is 20.5 Å². The number of rotatable bonds is 4. The van der Waals surface area contributed by atoms with Crippen molar-refractivity contribution in [2.24, 2.45) is 5.10 Å². The lowest BCUT2D eigenvalue weighted by Crippen LogP contribution is -1.96. The Hall–Kier alpha value is -3.84. The number of ether oxygens (including phenoxy) is 1. The molecule has 116 valence electrons. The number of aromatic amines is 1. The molecular weight excluding hydrogens is 304 g/mol. The summed E-state index contributed by atoms with van der Waals surface area (Å²) in [4.78, 5) is 7.78. The number of aromatic nitrogens is 2. The van der Waals surface area contributed by atoms with Gasteiger partial charge in [-0.1, -0.05) is 12.1 Å². The maximum absolute atomic E-state index is 8.68. The van der Waals surface area contributed by atoms with Crippen molar-refractivity contribution in [3.8, 4) is 29.3 Å². The molecule has 7 nitrogen and oxygen atoms in total. The van der Waals surface area contributed by atoms with Crippen molar-refractivity contribution >= 4 is 22.4 Å². The predicted octanol–water partition coefficient (Wildman–Crippen LogP) is 3.05. The number of hydrogen-bond donors (Lipinski definition) is 2. The molecule has 3 aromatic rings.